The van der Waals surface area contributed by atoms with E-state index in [1.165, 1.54) is 21.3 Å². The quantitative estimate of drug-likeness (QED) is 0.831. The van der Waals surface area contributed by atoms with Gasteiger partial charge in [0.2, 0.25) is 0 Å². The fourth-order valence-corrected chi connectivity index (χ4v) is 4.74. The van der Waals surface area contributed by atoms with Crippen LogP contribution in [0.15, 0.2) is 34.1 Å². The van der Waals surface area contributed by atoms with Crippen molar-refractivity contribution < 1.29 is 0 Å². The molecule has 2 unspecified atom stereocenters. The van der Waals surface area contributed by atoms with Gasteiger partial charge in [0, 0.05) is 27.6 Å². The van der Waals surface area contributed by atoms with Crippen molar-refractivity contribution in [2.45, 2.75) is 32.4 Å². The molecule has 0 bridgehead atoms. The monoisotopic (exact) mass is 364 g/mol. The van der Waals surface area contributed by atoms with E-state index in [1.807, 2.05) is 18.4 Å². The minimum atomic E-state index is 0.357. The lowest BCUT2D eigenvalue weighted by atomic mass is 10.00. The second kappa shape index (κ2) is 6.11. The van der Waals surface area contributed by atoms with E-state index in [-0.39, 0.29) is 0 Å². The molecule has 1 aromatic carbocycles. The Hall–Kier alpha value is -0.840. The van der Waals surface area contributed by atoms with Crippen LogP contribution in [0.5, 0.6) is 0 Å². The van der Waals surface area contributed by atoms with Crippen molar-refractivity contribution in [3.05, 3.63) is 50.1 Å². The number of hydrogen-bond donors (Lipinski definition) is 1. The topological polar surface area (TPSA) is 15.3 Å². The molecule has 1 aromatic heterocycles. The number of nitrogens with zero attached hydrogens (tertiary/aromatic N) is 1. The van der Waals surface area contributed by atoms with Crippen LogP contribution in [-0.4, -0.2) is 13.6 Å². The lowest BCUT2D eigenvalue weighted by Gasteiger charge is -2.36. The Kier molecular flexibility index (Phi) is 4.38. The first-order chi connectivity index (χ1) is 10.1. The molecule has 112 valence electrons. The summed E-state index contributed by atoms with van der Waals surface area (Å²) in [5, 5.41) is 5.52. The van der Waals surface area contributed by atoms with Crippen molar-refractivity contribution in [3.8, 4) is 0 Å². The fourth-order valence-electron chi connectivity index (χ4n) is 3.06. The highest BCUT2D eigenvalue weighted by molar-refractivity contribution is 9.10. The molecular formula is C17H21BrN2S. The van der Waals surface area contributed by atoms with Crippen molar-refractivity contribution in [1.29, 1.82) is 0 Å². The first-order valence-corrected chi connectivity index (χ1v) is 9.08. The minimum absolute atomic E-state index is 0.357. The molecule has 0 aliphatic carbocycles. The van der Waals surface area contributed by atoms with Gasteiger partial charge in [0.25, 0.3) is 0 Å². The van der Waals surface area contributed by atoms with Gasteiger partial charge < -0.3 is 10.2 Å². The molecule has 2 nitrogen and oxygen atoms in total. The van der Waals surface area contributed by atoms with Crippen LogP contribution in [0.25, 0.3) is 0 Å². The van der Waals surface area contributed by atoms with E-state index in [9.17, 15) is 0 Å². The summed E-state index contributed by atoms with van der Waals surface area (Å²) in [5.41, 5.74) is 4.11. The number of anilines is 1. The van der Waals surface area contributed by atoms with Gasteiger partial charge in [0.1, 0.15) is 0 Å². The molecule has 0 radical (unpaired) electrons. The summed E-state index contributed by atoms with van der Waals surface area (Å²) in [4.78, 5) is 4.06. The number of halogens is 1. The zero-order valence-corrected chi connectivity index (χ0v) is 15.1. The maximum Gasteiger partial charge on any atom is 0.0525 e. The van der Waals surface area contributed by atoms with E-state index in [0.29, 0.717) is 12.1 Å². The van der Waals surface area contributed by atoms with Gasteiger partial charge in [-0.05, 0) is 62.0 Å². The summed E-state index contributed by atoms with van der Waals surface area (Å²) >= 11 is 5.63. The summed E-state index contributed by atoms with van der Waals surface area (Å²) in [6.07, 6.45) is 1.16. The summed E-state index contributed by atoms with van der Waals surface area (Å²) in [7, 11) is 2.00. The Morgan fingerprint density at radius 3 is 2.90 bits per heavy atom. The SMILES string of the molecule is CNC(C)c1ccc(N2CCc3sccc3C2C)cc1Br. The molecule has 21 heavy (non-hydrogen) atoms. The molecule has 0 saturated heterocycles. The highest BCUT2D eigenvalue weighted by atomic mass is 79.9. The summed E-state index contributed by atoms with van der Waals surface area (Å²) in [6, 6.07) is 9.84. The third-order valence-corrected chi connectivity index (χ3v) is 6.18. The maximum atomic E-state index is 3.73. The summed E-state index contributed by atoms with van der Waals surface area (Å²) in [6.45, 7) is 5.59. The number of nitrogens with one attached hydrogen (secondary N) is 1. The van der Waals surface area contributed by atoms with Crippen molar-refractivity contribution in [1.82, 2.24) is 5.32 Å². The fraction of sp³-hybridized carbons (Fsp3) is 0.412. The van der Waals surface area contributed by atoms with Gasteiger partial charge in [-0.2, -0.15) is 0 Å². The van der Waals surface area contributed by atoms with E-state index >= 15 is 0 Å². The second-order valence-corrected chi connectivity index (χ2v) is 7.49. The number of hydrogen-bond acceptors (Lipinski definition) is 3. The van der Waals surface area contributed by atoms with Gasteiger partial charge in [-0.15, -0.1) is 11.3 Å². The van der Waals surface area contributed by atoms with Crippen LogP contribution in [0.4, 0.5) is 5.69 Å². The zero-order valence-electron chi connectivity index (χ0n) is 12.7. The molecule has 3 rings (SSSR count). The van der Waals surface area contributed by atoms with Crippen molar-refractivity contribution in [2.75, 3.05) is 18.5 Å². The molecule has 0 fully saturated rings. The highest BCUT2D eigenvalue weighted by Crippen LogP contribution is 2.37. The van der Waals surface area contributed by atoms with Gasteiger partial charge >= 0.3 is 0 Å². The molecule has 0 saturated carbocycles. The molecule has 1 aliphatic heterocycles. The maximum absolute atomic E-state index is 3.73. The average molecular weight is 365 g/mol. The summed E-state index contributed by atoms with van der Waals surface area (Å²) in [5.74, 6) is 0. The Labute approximate surface area is 139 Å². The predicted octanol–water partition coefficient (Wildman–Crippen LogP) is 4.91. The summed E-state index contributed by atoms with van der Waals surface area (Å²) < 4.78 is 1.19. The van der Waals surface area contributed by atoms with Crippen molar-refractivity contribution >= 4 is 33.0 Å². The van der Waals surface area contributed by atoms with Gasteiger partial charge in [0.05, 0.1) is 6.04 Å². The second-order valence-electron chi connectivity index (χ2n) is 5.63. The van der Waals surface area contributed by atoms with E-state index in [4.69, 9.17) is 0 Å². The molecule has 1 N–H and O–H groups in total. The lowest BCUT2D eigenvalue weighted by Crippen LogP contribution is -2.33. The Bertz CT molecular complexity index is 637. The minimum Gasteiger partial charge on any atom is -0.364 e. The van der Waals surface area contributed by atoms with E-state index in [2.05, 4.69) is 69.6 Å². The lowest BCUT2D eigenvalue weighted by molar-refractivity contribution is 0.630. The van der Waals surface area contributed by atoms with Crippen LogP contribution in [0.2, 0.25) is 0 Å². The van der Waals surface area contributed by atoms with Gasteiger partial charge in [0.15, 0.2) is 0 Å². The number of rotatable bonds is 3. The number of thiophene rings is 1. The van der Waals surface area contributed by atoms with E-state index < -0.39 is 0 Å². The first-order valence-electron chi connectivity index (χ1n) is 7.41. The van der Waals surface area contributed by atoms with Gasteiger partial charge in [-0.25, -0.2) is 0 Å². The molecular weight excluding hydrogens is 344 g/mol. The van der Waals surface area contributed by atoms with E-state index in [1.54, 1.807) is 4.88 Å². The average Bonchev–Trinajstić information content (AvgIpc) is 2.96. The number of benzene rings is 1. The van der Waals surface area contributed by atoms with Crippen LogP contribution in [0.3, 0.4) is 0 Å². The molecule has 2 heterocycles. The van der Waals surface area contributed by atoms with Gasteiger partial charge in [-0.3, -0.25) is 0 Å². The third-order valence-electron chi connectivity index (χ3n) is 4.49. The van der Waals surface area contributed by atoms with Crippen molar-refractivity contribution in [3.63, 3.8) is 0 Å². The molecule has 0 amide bonds. The smallest absolute Gasteiger partial charge is 0.0525 e. The zero-order chi connectivity index (χ0) is 15.0. The van der Waals surface area contributed by atoms with Crippen LogP contribution in [-0.2, 0) is 6.42 Å². The Morgan fingerprint density at radius 1 is 1.38 bits per heavy atom. The predicted molar refractivity (Wildman–Crippen MR) is 95.4 cm³/mol. The Balaban J connectivity index is 1.90. The van der Waals surface area contributed by atoms with Gasteiger partial charge in [-0.1, -0.05) is 22.0 Å². The molecule has 2 aromatic rings. The molecule has 0 spiro atoms. The van der Waals surface area contributed by atoms with Crippen molar-refractivity contribution in [2.24, 2.45) is 0 Å². The first kappa shape index (κ1) is 15.1. The normalized spacial score (nSPS) is 19.4. The van der Waals surface area contributed by atoms with Crippen LogP contribution in [0.1, 0.15) is 41.9 Å². The largest absolute Gasteiger partial charge is 0.364 e. The molecule has 2 atom stereocenters. The van der Waals surface area contributed by atoms with Crippen LogP contribution < -0.4 is 10.2 Å². The molecule has 4 heteroatoms. The highest BCUT2D eigenvalue weighted by Gasteiger charge is 2.25. The van der Waals surface area contributed by atoms with Crippen LogP contribution >= 0.6 is 27.3 Å². The Morgan fingerprint density at radius 2 is 2.19 bits per heavy atom. The van der Waals surface area contributed by atoms with E-state index in [0.717, 1.165) is 13.0 Å². The number of fused-ring (bicyclic) bond motifs is 1. The third kappa shape index (κ3) is 2.77. The molecule has 1 aliphatic rings. The van der Waals surface area contributed by atoms with Crippen LogP contribution in [0, 0.1) is 0 Å². The standard InChI is InChI=1S/C17H21BrN2S/c1-11(19-3)14-5-4-13(10-16(14)18)20-8-6-17-15(12(20)2)7-9-21-17/h4-5,7,9-12,19H,6,8H2,1-3H3.